The maximum absolute atomic E-state index is 13.0. The lowest BCUT2D eigenvalue weighted by molar-refractivity contribution is 0.0450. The third-order valence-electron chi connectivity index (χ3n) is 4.26. The summed E-state index contributed by atoms with van der Waals surface area (Å²) in [4.78, 5) is 15.3. The van der Waals surface area contributed by atoms with Crippen molar-refractivity contribution in [2.24, 2.45) is 0 Å². The molecule has 1 aromatic heterocycles. The summed E-state index contributed by atoms with van der Waals surface area (Å²) in [5, 5.41) is 13.1. The zero-order valence-corrected chi connectivity index (χ0v) is 12.2. The number of aromatic nitrogens is 1. The Morgan fingerprint density at radius 3 is 2.59 bits per heavy atom. The van der Waals surface area contributed by atoms with Crippen molar-refractivity contribution in [3.63, 3.8) is 0 Å². The highest BCUT2D eigenvalue weighted by Crippen LogP contribution is 2.29. The summed E-state index contributed by atoms with van der Waals surface area (Å²) in [5.74, 6) is -0.547. The van der Waals surface area contributed by atoms with Gasteiger partial charge in [0.05, 0.1) is 11.2 Å². The summed E-state index contributed by atoms with van der Waals surface area (Å²) in [6, 6.07) is 6.01. The molecule has 0 unspecified atom stereocenters. The Kier molecular flexibility index (Phi) is 3.98. The van der Waals surface area contributed by atoms with E-state index in [1.807, 2.05) is 0 Å². The Labute approximate surface area is 128 Å². The Hall–Kier alpha value is -2.14. The van der Waals surface area contributed by atoms with Crippen molar-refractivity contribution in [1.82, 2.24) is 10.3 Å². The van der Waals surface area contributed by atoms with Crippen LogP contribution in [-0.2, 0) is 0 Å². The molecule has 0 bridgehead atoms. The average Bonchev–Trinajstić information content (AvgIpc) is 3.15. The Balaban J connectivity index is 1.73. The molecular formula is C17H19FN2O2. The molecule has 0 atom stereocenters. The molecule has 1 saturated carbocycles. The number of aliphatic hydroxyl groups is 1. The summed E-state index contributed by atoms with van der Waals surface area (Å²) in [5.41, 5.74) is 1.21. The minimum atomic E-state index is -0.776. The zero-order chi connectivity index (χ0) is 15.6. The summed E-state index contributed by atoms with van der Waals surface area (Å²) in [6.07, 6.45) is 6.78. The van der Waals surface area contributed by atoms with E-state index in [1.165, 1.54) is 12.1 Å². The van der Waals surface area contributed by atoms with E-state index < -0.39 is 5.60 Å². The molecule has 1 heterocycles. The van der Waals surface area contributed by atoms with Gasteiger partial charge in [0.2, 0.25) is 0 Å². The standard InChI is InChI=1S/C17H19FN2O2/c18-13-5-3-12(4-6-13)14-9-19-10-15(14)16(21)20-11-17(22)7-1-2-8-17/h3-6,9-10,19,22H,1-2,7-8,11H2,(H,20,21). The molecule has 1 aromatic carbocycles. The number of aromatic amines is 1. The largest absolute Gasteiger partial charge is 0.388 e. The van der Waals surface area contributed by atoms with Crippen LogP contribution < -0.4 is 5.32 Å². The van der Waals surface area contributed by atoms with E-state index in [0.717, 1.165) is 36.8 Å². The second-order valence-electron chi connectivity index (χ2n) is 5.90. The van der Waals surface area contributed by atoms with Crippen LogP contribution >= 0.6 is 0 Å². The number of carbonyl (C=O) groups is 1. The lowest BCUT2D eigenvalue weighted by Crippen LogP contribution is -2.40. The summed E-state index contributed by atoms with van der Waals surface area (Å²) < 4.78 is 13.0. The van der Waals surface area contributed by atoms with Gasteiger partial charge in [0.15, 0.2) is 0 Å². The normalized spacial score (nSPS) is 16.6. The minimum absolute atomic E-state index is 0.235. The van der Waals surface area contributed by atoms with Crippen LogP contribution in [0.1, 0.15) is 36.0 Å². The van der Waals surface area contributed by atoms with Crippen LogP contribution in [0.4, 0.5) is 4.39 Å². The zero-order valence-electron chi connectivity index (χ0n) is 12.2. The summed E-state index contributed by atoms with van der Waals surface area (Å²) in [7, 11) is 0. The number of hydrogen-bond acceptors (Lipinski definition) is 2. The Bertz CT molecular complexity index is 658. The molecule has 5 heteroatoms. The minimum Gasteiger partial charge on any atom is -0.388 e. The number of H-pyrrole nitrogens is 1. The molecule has 1 amide bonds. The first-order chi connectivity index (χ1) is 10.6. The van der Waals surface area contributed by atoms with Crippen LogP contribution in [0.2, 0.25) is 0 Å². The number of rotatable bonds is 4. The maximum Gasteiger partial charge on any atom is 0.253 e. The SMILES string of the molecule is O=C(NCC1(O)CCCC1)c1c[nH]cc1-c1ccc(F)cc1. The van der Waals surface area contributed by atoms with Gasteiger partial charge in [-0.05, 0) is 30.5 Å². The number of hydrogen-bond donors (Lipinski definition) is 3. The van der Waals surface area contributed by atoms with Crippen molar-refractivity contribution in [3.8, 4) is 11.1 Å². The number of nitrogens with one attached hydrogen (secondary N) is 2. The fourth-order valence-electron chi connectivity index (χ4n) is 2.97. The van der Waals surface area contributed by atoms with Crippen molar-refractivity contribution < 1.29 is 14.3 Å². The number of amides is 1. The molecule has 0 radical (unpaired) electrons. The van der Waals surface area contributed by atoms with Gasteiger partial charge in [-0.25, -0.2) is 4.39 Å². The molecule has 4 nitrogen and oxygen atoms in total. The highest BCUT2D eigenvalue weighted by Gasteiger charge is 2.31. The monoisotopic (exact) mass is 302 g/mol. The van der Waals surface area contributed by atoms with Crippen LogP contribution in [0.15, 0.2) is 36.7 Å². The molecule has 0 aliphatic heterocycles. The van der Waals surface area contributed by atoms with E-state index in [2.05, 4.69) is 10.3 Å². The van der Waals surface area contributed by atoms with Crippen LogP contribution in [0.3, 0.4) is 0 Å². The first-order valence-electron chi connectivity index (χ1n) is 7.51. The van der Waals surface area contributed by atoms with Gasteiger partial charge in [0, 0.05) is 24.5 Å². The first kappa shape index (κ1) is 14.8. The van der Waals surface area contributed by atoms with Crippen molar-refractivity contribution in [2.45, 2.75) is 31.3 Å². The van der Waals surface area contributed by atoms with E-state index >= 15 is 0 Å². The Morgan fingerprint density at radius 1 is 1.23 bits per heavy atom. The number of carbonyl (C=O) groups excluding carboxylic acids is 1. The predicted octanol–water partition coefficient (Wildman–Crippen LogP) is 2.86. The molecule has 3 N–H and O–H groups in total. The van der Waals surface area contributed by atoms with Crippen molar-refractivity contribution in [3.05, 3.63) is 48.0 Å². The summed E-state index contributed by atoms with van der Waals surface area (Å²) >= 11 is 0. The smallest absolute Gasteiger partial charge is 0.253 e. The van der Waals surface area contributed by atoms with Crippen LogP contribution in [0.5, 0.6) is 0 Å². The van der Waals surface area contributed by atoms with Crippen molar-refractivity contribution >= 4 is 5.91 Å². The molecule has 3 rings (SSSR count). The Morgan fingerprint density at radius 2 is 1.91 bits per heavy atom. The molecule has 116 valence electrons. The molecule has 22 heavy (non-hydrogen) atoms. The van der Waals surface area contributed by atoms with E-state index in [-0.39, 0.29) is 18.3 Å². The van der Waals surface area contributed by atoms with E-state index in [1.54, 1.807) is 24.5 Å². The second kappa shape index (κ2) is 5.93. The van der Waals surface area contributed by atoms with E-state index in [4.69, 9.17) is 0 Å². The fraction of sp³-hybridized carbons (Fsp3) is 0.353. The molecule has 1 aliphatic rings. The molecule has 2 aromatic rings. The highest BCUT2D eigenvalue weighted by molar-refractivity contribution is 6.00. The molecular weight excluding hydrogens is 283 g/mol. The second-order valence-corrected chi connectivity index (χ2v) is 5.90. The van der Waals surface area contributed by atoms with Gasteiger partial charge < -0.3 is 15.4 Å². The van der Waals surface area contributed by atoms with Crippen LogP contribution in [0.25, 0.3) is 11.1 Å². The third kappa shape index (κ3) is 3.04. The van der Waals surface area contributed by atoms with Gasteiger partial charge in [-0.2, -0.15) is 0 Å². The average molecular weight is 302 g/mol. The predicted molar refractivity (Wildman–Crippen MR) is 81.9 cm³/mol. The number of benzene rings is 1. The van der Waals surface area contributed by atoms with Crippen LogP contribution in [0, 0.1) is 5.82 Å². The molecule has 1 fully saturated rings. The third-order valence-corrected chi connectivity index (χ3v) is 4.26. The van der Waals surface area contributed by atoms with E-state index in [9.17, 15) is 14.3 Å². The summed E-state index contributed by atoms with van der Waals surface area (Å²) in [6.45, 7) is 0.264. The van der Waals surface area contributed by atoms with Gasteiger partial charge in [-0.3, -0.25) is 4.79 Å². The lowest BCUT2D eigenvalue weighted by Gasteiger charge is -2.22. The quantitative estimate of drug-likeness (QED) is 0.813. The molecule has 1 aliphatic carbocycles. The lowest BCUT2D eigenvalue weighted by atomic mass is 10.0. The van der Waals surface area contributed by atoms with Gasteiger partial charge in [0.1, 0.15) is 5.82 Å². The van der Waals surface area contributed by atoms with Gasteiger partial charge in [-0.1, -0.05) is 25.0 Å². The van der Waals surface area contributed by atoms with Crippen molar-refractivity contribution in [1.29, 1.82) is 0 Å². The topological polar surface area (TPSA) is 65.1 Å². The molecule has 0 spiro atoms. The maximum atomic E-state index is 13.0. The van der Waals surface area contributed by atoms with Crippen molar-refractivity contribution in [2.75, 3.05) is 6.54 Å². The van der Waals surface area contributed by atoms with Gasteiger partial charge >= 0.3 is 0 Å². The van der Waals surface area contributed by atoms with Gasteiger partial charge in [-0.15, -0.1) is 0 Å². The van der Waals surface area contributed by atoms with E-state index in [0.29, 0.717) is 5.56 Å². The van der Waals surface area contributed by atoms with Crippen LogP contribution in [-0.4, -0.2) is 28.1 Å². The number of halogens is 1. The fourth-order valence-corrected chi connectivity index (χ4v) is 2.97. The highest BCUT2D eigenvalue weighted by atomic mass is 19.1. The molecule has 0 saturated heterocycles. The van der Waals surface area contributed by atoms with Gasteiger partial charge in [0.25, 0.3) is 5.91 Å². The first-order valence-corrected chi connectivity index (χ1v) is 7.51.